The second kappa shape index (κ2) is 7.51. The Balaban J connectivity index is 0.00000324. The molecular formula is C15H25N2OY+. The number of quaternary nitrogens is 1. The fourth-order valence-electron chi connectivity index (χ4n) is 1.83. The van der Waals surface area contributed by atoms with Crippen molar-refractivity contribution in [2.45, 2.75) is 33.7 Å². The Morgan fingerprint density at radius 1 is 1.26 bits per heavy atom. The summed E-state index contributed by atoms with van der Waals surface area (Å²) in [6.07, 6.45) is 0. The number of amides is 1. The van der Waals surface area contributed by atoms with Gasteiger partial charge in [-0.15, -0.1) is 0 Å². The molecule has 4 heteroatoms. The zero-order valence-electron chi connectivity index (χ0n) is 12.9. The number of anilines is 1. The minimum atomic E-state index is -0.0611. The van der Waals surface area contributed by atoms with E-state index in [9.17, 15) is 4.79 Å². The topological polar surface area (TPSA) is 29.1 Å². The third-order valence-corrected chi connectivity index (χ3v) is 3.97. The Morgan fingerprint density at radius 2 is 1.74 bits per heavy atom. The summed E-state index contributed by atoms with van der Waals surface area (Å²) in [5.74, 6) is 0.0826. The Bertz CT molecular complexity index is 424. The van der Waals surface area contributed by atoms with Gasteiger partial charge < -0.3 is 9.80 Å². The first-order chi connectivity index (χ1) is 8.29. The number of rotatable bonds is 4. The first-order valence-corrected chi connectivity index (χ1v) is 6.49. The maximum atomic E-state index is 12.3. The van der Waals surface area contributed by atoms with E-state index in [0.717, 1.165) is 23.4 Å². The number of hydrogen-bond donors (Lipinski definition) is 1. The van der Waals surface area contributed by atoms with E-state index in [2.05, 4.69) is 26.3 Å². The molecule has 0 saturated carbocycles. The van der Waals surface area contributed by atoms with Gasteiger partial charge in [-0.3, -0.25) is 4.79 Å². The van der Waals surface area contributed by atoms with E-state index < -0.39 is 0 Å². The van der Waals surface area contributed by atoms with Gasteiger partial charge in [-0.1, -0.05) is 18.2 Å². The van der Waals surface area contributed by atoms with Gasteiger partial charge in [0.25, 0.3) is 5.91 Å². The molecule has 0 heterocycles. The quantitative estimate of drug-likeness (QED) is 0.841. The maximum absolute atomic E-state index is 12.3. The molecule has 3 nitrogen and oxygen atoms in total. The van der Waals surface area contributed by atoms with Crippen LogP contribution in [0.15, 0.2) is 18.2 Å². The normalized spacial score (nSPS) is 12.5. The minimum absolute atomic E-state index is 0. The predicted molar refractivity (Wildman–Crippen MR) is 76.7 cm³/mol. The third kappa shape index (κ3) is 4.66. The van der Waals surface area contributed by atoms with Gasteiger partial charge in [-0.25, -0.2) is 0 Å². The molecule has 0 bridgehead atoms. The van der Waals surface area contributed by atoms with Gasteiger partial charge in [0.15, 0.2) is 6.04 Å². The van der Waals surface area contributed by atoms with Crippen LogP contribution in [0.1, 0.15) is 25.0 Å². The van der Waals surface area contributed by atoms with Gasteiger partial charge in [-0.2, -0.15) is 0 Å². The van der Waals surface area contributed by atoms with Gasteiger partial charge in [0, 0.05) is 38.4 Å². The van der Waals surface area contributed by atoms with Crippen molar-refractivity contribution in [2.75, 3.05) is 26.0 Å². The van der Waals surface area contributed by atoms with E-state index in [1.165, 1.54) is 0 Å². The fraction of sp³-hybridized carbons (Fsp3) is 0.533. The van der Waals surface area contributed by atoms with Crippen molar-refractivity contribution in [3.63, 3.8) is 0 Å². The molecule has 0 aliphatic carbocycles. The Labute approximate surface area is 142 Å². The number of nitrogens with one attached hydrogen (secondary N) is 1. The molecule has 0 aromatic heterocycles. The molecule has 1 N–H and O–H groups in total. The summed E-state index contributed by atoms with van der Waals surface area (Å²) < 4.78 is 0.691. The zero-order chi connectivity index (χ0) is 13.9. The monoisotopic (exact) mass is 338 g/mol. The zero-order valence-corrected chi connectivity index (χ0v) is 15.8. The first kappa shape index (κ1) is 18.8. The number of likely N-dealkylation sites (N-methyl/N-ethyl adjacent to an activating group) is 1. The molecule has 0 spiro atoms. The Morgan fingerprint density at radius 3 is 2.16 bits per heavy atom. The van der Waals surface area contributed by atoms with Gasteiger partial charge in [0.1, 0.15) is 0 Å². The molecule has 1 atom stereocenters. The van der Waals surface area contributed by atoms with E-state index in [-0.39, 0.29) is 44.7 Å². The fourth-order valence-corrected chi connectivity index (χ4v) is 1.83. The molecular weight excluding hydrogens is 313 g/mol. The summed E-state index contributed by atoms with van der Waals surface area (Å²) in [4.78, 5) is 12.3. The summed E-state index contributed by atoms with van der Waals surface area (Å²) in [6, 6.07) is 5.99. The number of nitrogens with zero attached hydrogens (tertiary/aromatic N) is 1. The van der Waals surface area contributed by atoms with Crippen LogP contribution in [0, 0.1) is 13.8 Å². The first-order valence-electron chi connectivity index (χ1n) is 6.49. The van der Waals surface area contributed by atoms with Gasteiger partial charge in [0.2, 0.25) is 0 Å². The summed E-state index contributed by atoms with van der Waals surface area (Å²) in [5.41, 5.74) is 3.17. The van der Waals surface area contributed by atoms with Crippen molar-refractivity contribution >= 4 is 11.6 Å². The van der Waals surface area contributed by atoms with Crippen LogP contribution in [0.4, 0.5) is 5.69 Å². The molecule has 1 aromatic carbocycles. The van der Waals surface area contributed by atoms with E-state index in [1.807, 2.05) is 39.0 Å². The van der Waals surface area contributed by atoms with E-state index in [4.69, 9.17) is 0 Å². The largest absolute Gasteiger partial charge is 0.320 e. The van der Waals surface area contributed by atoms with Crippen molar-refractivity contribution in [3.8, 4) is 0 Å². The van der Waals surface area contributed by atoms with Crippen LogP contribution >= 0.6 is 0 Å². The summed E-state index contributed by atoms with van der Waals surface area (Å²) in [7, 11) is 4.16. The molecule has 1 aromatic rings. The maximum Gasteiger partial charge on any atom is 0.282 e. The van der Waals surface area contributed by atoms with Crippen molar-refractivity contribution in [3.05, 3.63) is 29.3 Å². The molecule has 1 unspecified atom stereocenters. The Hall–Kier alpha value is -0.246. The number of aryl methyl sites for hydroxylation is 2. The molecule has 0 aliphatic rings. The second-order valence-electron chi connectivity index (χ2n) is 5.53. The van der Waals surface area contributed by atoms with Gasteiger partial charge in [0.05, 0.1) is 20.6 Å². The number of hydrogen-bond acceptors (Lipinski definition) is 1. The van der Waals surface area contributed by atoms with Crippen LogP contribution in [-0.2, 0) is 37.5 Å². The van der Waals surface area contributed by atoms with E-state index in [1.54, 1.807) is 0 Å². The van der Waals surface area contributed by atoms with Crippen molar-refractivity contribution in [1.29, 1.82) is 0 Å². The summed E-state index contributed by atoms with van der Waals surface area (Å²) >= 11 is 0. The van der Waals surface area contributed by atoms with Crippen LogP contribution in [0.25, 0.3) is 0 Å². The van der Waals surface area contributed by atoms with Crippen molar-refractivity contribution in [1.82, 2.24) is 0 Å². The number of carbonyl (C=O) groups excluding carboxylic acids is 1. The average molecular weight is 338 g/mol. The van der Waals surface area contributed by atoms with Gasteiger partial charge in [-0.05, 0) is 38.8 Å². The number of para-hydroxylation sites is 1. The van der Waals surface area contributed by atoms with Crippen LogP contribution in [0.2, 0.25) is 0 Å². The van der Waals surface area contributed by atoms with Crippen LogP contribution in [-0.4, -0.2) is 37.1 Å². The average Bonchev–Trinajstić information content (AvgIpc) is 2.32. The predicted octanol–water partition coefficient (Wildman–Crippen LogP) is 2.72. The summed E-state index contributed by atoms with van der Waals surface area (Å²) in [5, 5.41) is 3.06. The van der Waals surface area contributed by atoms with E-state index >= 15 is 0 Å². The molecule has 1 rings (SSSR count). The molecule has 0 aliphatic heterocycles. The molecule has 19 heavy (non-hydrogen) atoms. The molecule has 103 valence electrons. The number of benzene rings is 1. The second-order valence-corrected chi connectivity index (χ2v) is 5.53. The van der Waals surface area contributed by atoms with Crippen molar-refractivity contribution < 1.29 is 42.0 Å². The van der Waals surface area contributed by atoms with Crippen LogP contribution in [0.5, 0.6) is 0 Å². The van der Waals surface area contributed by atoms with Crippen LogP contribution < -0.4 is 5.32 Å². The molecule has 0 fully saturated rings. The Kier molecular flexibility index (Phi) is 7.42. The van der Waals surface area contributed by atoms with Gasteiger partial charge >= 0.3 is 0 Å². The van der Waals surface area contributed by atoms with E-state index in [0.29, 0.717) is 4.48 Å². The molecule has 1 radical (unpaired) electrons. The molecule has 0 saturated heterocycles. The summed E-state index contributed by atoms with van der Waals surface area (Å²) in [6.45, 7) is 9.05. The minimum Gasteiger partial charge on any atom is -0.320 e. The SMILES string of the molecule is CC[N+](C)(C)C(C)C(=O)Nc1c(C)cccc1C.[Y]. The molecule has 1 amide bonds. The third-order valence-electron chi connectivity index (χ3n) is 3.97. The van der Waals surface area contributed by atoms with Crippen molar-refractivity contribution in [2.24, 2.45) is 0 Å². The standard InChI is InChI=1S/C15H24N2O.Y/c1-7-17(5,6)13(4)15(18)16-14-11(2)9-8-10-12(14)3;/h8-10,13H,7H2,1-6H3;/p+1. The number of carbonyl (C=O) groups is 1. The van der Waals surface area contributed by atoms with Crippen LogP contribution in [0.3, 0.4) is 0 Å². The smallest absolute Gasteiger partial charge is 0.282 e.